The second-order valence-electron chi connectivity index (χ2n) is 10.2. The van der Waals surface area contributed by atoms with E-state index in [2.05, 4.69) is 38.2 Å². The summed E-state index contributed by atoms with van der Waals surface area (Å²) >= 11 is 0. The van der Waals surface area contributed by atoms with Crippen LogP contribution in [0.3, 0.4) is 0 Å². The Morgan fingerprint density at radius 1 is 0.578 bits per heavy atom. The largest absolute Gasteiger partial charge is 0.423 e. The number of hydrogen-bond acceptors (Lipinski definition) is 8. The molecule has 0 unspecified atom stereocenters. The van der Waals surface area contributed by atoms with Gasteiger partial charge in [-0.3, -0.25) is 0 Å². The molecule has 0 bridgehead atoms. The molecule has 0 aliphatic carbocycles. The zero-order valence-corrected chi connectivity index (χ0v) is 25.8. The minimum atomic E-state index is -0.705. The molecule has 0 heterocycles. The van der Waals surface area contributed by atoms with E-state index in [9.17, 15) is 19.2 Å². The Balaban J connectivity index is 2.18. The molecular formula is C37H32O8. The lowest BCUT2D eigenvalue weighted by atomic mass is 9.96. The van der Waals surface area contributed by atoms with Crippen LogP contribution in [0.2, 0.25) is 0 Å². The number of hydrogen-bond donors (Lipinski definition) is 0. The molecule has 228 valence electrons. The average Bonchev–Trinajstić information content (AvgIpc) is 2.98. The minimum Gasteiger partial charge on any atom is -0.423 e. The first-order valence-corrected chi connectivity index (χ1v) is 13.6. The summed E-state index contributed by atoms with van der Waals surface area (Å²) < 4.78 is 22.0. The molecule has 0 saturated carbocycles. The third kappa shape index (κ3) is 8.78. The van der Waals surface area contributed by atoms with Crippen molar-refractivity contribution in [3.05, 3.63) is 120 Å². The van der Waals surface area contributed by atoms with Crippen molar-refractivity contribution < 1.29 is 38.1 Å². The van der Waals surface area contributed by atoms with Gasteiger partial charge in [0.25, 0.3) is 0 Å². The molecule has 0 aliphatic heterocycles. The van der Waals surface area contributed by atoms with Gasteiger partial charge in [0.15, 0.2) is 0 Å². The van der Waals surface area contributed by atoms with Crippen LogP contribution in [0, 0.1) is 18.8 Å². The van der Waals surface area contributed by atoms with Gasteiger partial charge in [0.05, 0.1) is 5.56 Å². The van der Waals surface area contributed by atoms with Crippen LogP contribution in [0.5, 0.6) is 23.0 Å². The highest BCUT2D eigenvalue weighted by Gasteiger charge is 2.24. The molecule has 45 heavy (non-hydrogen) atoms. The van der Waals surface area contributed by atoms with Gasteiger partial charge >= 0.3 is 23.9 Å². The summed E-state index contributed by atoms with van der Waals surface area (Å²) in [7, 11) is 0. The van der Waals surface area contributed by atoms with E-state index in [1.54, 1.807) is 68.4 Å². The predicted octanol–water partition coefficient (Wildman–Crippen LogP) is 6.99. The third-order valence-corrected chi connectivity index (χ3v) is 6.04. The second-order valence-corrected chi connectivity index (χ2v) is 10.2. The highest BCUT2D eigenvalue weighted by atomic mass is 16.6. The standard InChI is InChI=1S/C37H32O8/c1-21(2)34(38)42-29-16-11-26(12-17-29)10-13-28-20-31(44-36(40)23(5)6)32(33(25(28)9)45-37(41)24(7)8)27-14-18-30(19-15-27)43-35(39)22(3)4/h11-12,14-20H,1,3,5,7H2,2,4,6,8-9H3. The SMILES string of the molecule is C=C(C)C(=O)Oc1ccc(C#Cc2cc(OC(=O)C(=C)C)c(-c3ccc(OC(=O)C(=C)C)cc3)c(OC(=O)C(=C)C)c2C)cc1. The number of benzene rings is 3. The van der Waals surface area contributed by atoms with Crippen molar-refractivity contribution in [2.45, 2.75) is 34.6 Å². The molecule has 0 spiro atoms. The van der Waals surface area contributed by atoms with Crippen LogP contribution in [-0.2, 0) is 19.2 Å². The Morgan fingerprint density at radius 3 is 1.47 bits per heavy atom. The summed E-state index contributed by atoms with van der Waals surface area (Å²) in [6, 6.07) is 14.4. The van der Waals surface area contributed by atoms with Gasteiger partial charge in [-0.15, -0.1) is 0 Å². The first-order chi connectivity index (χ1) is 21.2. The Labute approximate surface area is 262 Å². The van der Waals surface area contributed by atoms with Crippen LogP contribution in [0.1, 0.15) is 44.4 Å². The van der Waals surface area contributed by atoms with E-state index in [0.717, 1.165) is 0 Å². The summed E-state index contributed by atoms with van der Waals surface area (Å²) in [5.74, 6) is 4.27. The smallest absolute Gasteiger partial charge is 0.338 e. The summed E-state index contributed by atoms with van der Waals surface area (Å²) in [4.78, 5) is 49.3. The van der Waals surface area contributed by atoms with Gasteiger partial charge < -0.3 is 18.9 Å². The molecule has 3 aromatic rings. The molecule has 0 aliphatic rings. The molecule has 0 N–H and O–H groups in total. The minimum absolute atomic E-state index is 0.0520. The second kappa shape index (κ2) is 14.5. The van der Waals surface area contributed by atoms with Gasteiger partial charge in [0.1, 0.15) is 23.0 Å². The Kier molecular flexibility index (Phi) is 10.8. The summed E-state index contributed by atoms with van der Waals surface area (Å²) in [6.07, 6.45) is 0. The van der Waals surface area contributed by atoms with Crippen molar-refractivity contribution in [1.29, 1.82) is 0 Å². The number of ether oxygens (including phenoxy) is 4. The van der Waals surface area contributed by atoms with Crippen LogP contribution in [0.25, 0.3) is 11.1 Å². The summed E-state index contributed by atoms with van der Waals surface area (Å²) in [6.45, 7) is 22.3. The number of carbonyl (C=O) groups is 4. The van der Waals surface area contributed by atoms with Crippen molar-refractivity contribution >= 4 is 23.9 Å². The highest BCUT2D eigenvalue weighted by Crippen LogP contribution is 2.43. The summed E-state index contributed by atoms with van der Waals surface area (Å²) in [5, 5.41) is 0. The molecule has 8 heteroatoms. The maximum atomic E-state index is 12.8. The zero-order valence-electron chi connectivity index (χ0n) is 25.8. The van der Waals surface area contributed by atoms with E-state index in [-0.39, 0.29) is 45.1 Å². The van der Waals surface area contributed by atoms with Crippen LogP contribution in [-0.4, -0.2) is 23.9 Å². The van der Waals surface area contributed by atoms with E-state index >= 15 is 0 Å². The van der Waals surface area contributed by atoms with Gasteiger partial charge in [0, 0.05) is 39.0 Å². The van der Waals surface area contributed by atoms with E-state index in [1.807, 2.05) is 0 Å². The number of rotatable bonds is 9. The fraction of sp³-hybridized carbons (Fsp3) is 0.135. The van der Waals surface area contributed by atoms with Crippen molar-refractivity contribution in [1.82, 2.24) is 0 Å². The molecule has 0 aromatic heterocycles. The first kappa shape index (κ1) is 33.6. The molecular weight excluding hydrogens is 572 g/mol. The lowest BCUT2D eigenvalue weighted by Crippen LogP contribution is -2.13. The van der Waals surface area contributed by atoms with Gasteiger partial charge in [-0.25, -0.2) is 19.2 Å². The maximum Gasteiger partial charge on any atom is 0.338 e. The Hall–Kier alpha value is -5.94. The van der Waals surface area contributed by atoms with E-state index in [4.69, 9.17) is 18.9 Å². The molecule has 0 atom stereocenters. The molecule has 0 amide bonds. The molecule has 3 aromatic carbocycles. The van der Waals surface area contributed by atoms with E-state index < -0.39 is 23.9 Å². The molecule has 8 nitrogen and oxygen atoms in total. The number of carbonyl (C=O) groups excluding carboxylic acids is 4. The van der Waals surface area contributed by atoms with Gasteiger partial charge in [-0.05, 0) is 82.6 Å². The highest BCUT2D eigenvalue weighted by molar-refractivity contribution is 5.94. The molecule has 0 saturated heterocycles. The van der Waals surface area contributed by atoms with Crippen LogP contribution >= 0.6 is 0 Å². The fourth-order valence-corrected chi connectivity index (χ4v) is 3.54. The molecule has 0 fully saturated rings. The van der Waals surface area contributed by atoms with Crippen molar-refractivity contribution in [2.24, 2.45) is 0 Å². The molecule has 3 rings (SSSR count). The zero-order chi connectivity index (χ0) is 33.4. The fourth-order valence-electron chi connectivity index (χ4n) is 3.54. The summed E-state index contributed by atoms with van der Waals surface area (Å²) in [5.41, 5.74) is 3.03. The van der Waals surface area contributed by atoms with E-state index in [1.165, 1.54) is 20.8 Å². The topological polar surface area (TPSA) is 105 Å². The maximum absolute atomic E-state index is 12.8. The van der Waals surface area contributed by atoms with Crippen molar-refractivity contribution in [2.75, 3.05) is 0 Å². The van der Waals surface area contributed by atoms with Gasteiger partial charge in [0.2, 0.25) is 0 Å². The van der Waals surface area contributed by atoms with E-state index in [0.29, 0.717) is 28.0 Å². The van der Waals surface area contributed by atoms with Crippen molar-refractivity contribution in [3.8, 4) is 46.0 Å². The number of esters is 4. The Bertz CT molecular complexity index is 1810. The quantitative estimate of drug-likeness (QED) is 0.111. The van der Waals surface area contributed by atoms with Crippen LogP contribution < -0.4 is 18.9 Å². The normalized spacial score (nSPS) is 9.98. The first-order valence-electron chi connectivity index (χ1n) is 13.6. The third-order valence-electron chi connectivity index (χ3n) is 6.04. The Morgan fingerprint density at radius 2 is 1.00 bits per heavy atom. The van der Waals surface area contributed by atoms with Gasteiger partial charge in [-0.1, -0.05) is 50.3 Å². The predicted molar refractivity (Wildman–Crippen MR) is 171 cm³/mol. The lowest BCUT2D eigenvalue weighted by molar-refractivity contribution is -0.131. The average molecular weight is 605 g/mol. The molecule has 0 radical (unpaired) electrons. The van der Waals surface area contributed by atoms with Gasteiger partial charge in [-0.2, -0.15) is 0 Å². The van der Waals surface area contributed by atoms with Crippen LogP contribution in [0.4, 0.5) is 0 Å². The van der Waals surface area contributed by atoms with Crippen molar-refractivity contribution in [3.63, 3.8) is 0 Å². The monoisotopic (exact) mass is 604 g/mol. The van der Waals surface area contributed by atoms with Crippen LogP contribution in [0.15, 0.2) is 103 Å². The lowest BCUT2D eigenvalue weighted by Gasteiger charge is -2.19.